The molecule has 1 heterocycles. The third-order valence-corrected chi connectivity index (χ3v) is 3.29. The number of rotatable bonds is 5. The largest absolute Gasteiger partial charge is 0.471 e. The molecule has 1 aromatic heterocycles. The molecular weight excluding hydrogens is 345 g/mol. The Balaban J connectivity index is 2.28. The molecular formula is C14H13F3N4O4. The lowest BCUT2D eigenvalue weighted by atomic mass is 10.1. The van der Waals surface area contributed by atoms with Crippen LogP contribution >= 0.6 is 0 Å². The molecule has 11 heteroatoms. The van der Waals surface area contributed by atoms with E-state index < -0.39 is 30.0 Å². The summed E-state index contributed by atoms with van der Waals surface area (Å²) in [7, 11) is 1.10. The Morgan fingerprint density at radius 1 is 1.28 bits per heavy atom. The van der Waals surface area contributed by atoms with Crippen molar-refractivity contribution in [2.24, 2.45) is 0 Å². The van der Waals surface area contributed by atoms with Gasteiger partial charge in [0.05, 0.1) is 12.6 Å². The van der Waals surface area contributed by atoms with Crippen LogP contribution in [0.25, 0.3) is 11.0 Å². The lowest BCUT2D eigenvalue weighted by Crippen LogP contribution is -2.48. The van der Waals surface area contributed by atoms with Gasteiger partial charge in [0.15, 0.2) is 0 Å². The molecule has 0 bridgehead atoms. The molecule has 1 aromatic carbocycles. The van der Waals surface area contributed by atoms with E-state index in [9.17, 15) is 27.6 Å². The molecule has 0 radical (unpaired) electrons. The number of methoxy groups -OCH3 is 1. The van der Waals surface area contributed by atoms with Crippen LogP contribution in [0.15, 0.2) is 24.3 Å². The molecule has 2 aromatic rings. The van der Waals surface area contributed by atoms with Crippen molar-refractivity contribution in [3.05, 3.63) is 24.3 Å². The van der Waals surface area contributed by atoms with Crippen molar-refractivity contribution in [3.8, 4) is 0 Å². The summed E-state index contributed by atoms with van der Waals surface area (Å²) < 4.78 is 42.6. The Kier molecular flexibility index (Phi) is 5.35. The average molecular weight is 358 g/mol. The standard InChI is InChI=1S/C14H13F3N4O4/c1-25-11(22)7-6-9(18-13(24)14(15,16)17)12(23)21-10-5-3-2-4-8(10)19-20-21/h2-5,9H,6-7H2,1H3,(H,18,24)/t9-/m0/s1. The fourth-order valence-corrected chi connectivity index (χ4v) is 2.04. The van der Waals surface area contributed by atoms with E-state index in [1.165, 1.54) is 6.07 Å². The highest BCUT2D eigenvalue weighted by molar-refractivity contribution is 5.95. The van der Waals surface area contributed by atoms with Crippen LogP contribution in [-0.4, -0.2) is 52.1 Å². The molecule has 25 heavy (non-hydrogen) atoms. The Hall–Kier alpha value is -2.98. The number of para-hydroxylation sites is 1. The topological polar surface area (TPSA) is 103 Å². The number of halogens is 3. The maximum atomic E-state index is 12.5. The van der Waals surface area contributed by atoms with Crippen molar-refractivity contribution >= 4 is 28.8 Å². The molecule has 2 rings (SSSR count). The number of hydrogen-bond acceptors (Lipinski definition) is 6. The summed E-state index contributed by atoms with van der Waals surface area (Å²) in [5, 5.41) is 8.91. The number of hydrogen-bond donors (Lipinski definition) is 1. The number of nitrogens with one attached hydrogen (secondary N) is 1. The van der Waals surface area contributed by atoms with E-state index in [1.54, 1.807) is 23.5 Å². The molecule has 0 unspecified atom stereocenters. The number of ether oxygens (including phenoxy) is 1. The summed E-state index contributed by atoms with van der Waals surface area (Å²) in [5.74, 6) is -3.97. The van der Waals surface area contributed by atoms with E-state index in [4.69, 9.17) is 0 Å². The zero-order chi connectivity index (χ0) is 18.6. The highest BCUT2D eigenvalue weighted by Gasteiger charge is 2.41. The normalized spacial score (nSPS) is 12.6. The molecule has 0 spiro atoms. The van der Waals surface area contributed by atoms with Gasteiger partial charge >= 0.3 is 18.1 Å². The van der Waals surface area contributed by atoms with Gasteiger partial charge in [0.25, 0.3) is 5.91 Å². The summed E-state index contributed by atoms with van der Waals surface area (Å²) in [5.41, 5.74) is 0.613. The van der Waals surface area contributed by atoms with Crippen LogP contribution in [0.1, 0.15) is 17.6 Å². The van der Waals surface area contributed by atoms with Gasteiger partial charge < -0.3 is 10.1 Å². The first-order chi connectivity index (χ1) is 11.7. The van der Waals surface area contributed by atoms with E-state index in [2.05, 4.69) is 15.0 Å². The highest BCUT2D eigenvalue weighted by atomic mass is 19.4. The number of benzene rings is 1. The molecule has 0 saturated heterocycles. The smallest absolute Gasteiger partial charge is 0.469 e. The van der Waals surface area contributed by atoms with Gasteiger partial charge in [-0.1, -0.05) is 17.3 Å². The predicted octanol–water partition coefficient (Wildman–Crippen LogP) is 1.07. The number of carbonyl (C=O) groups excluding carboxylic acids is 3. The SMILES string of the molecule is COC(=O)CC[C@H](NC(=O)C(F)(F)F)C(=O)n1nnc2ccccc21. The summed E-state index contributed by atoms with van der Waals surface area (Å²) in [6.07, 6.45) is -5.92. The van der Waals surface area contributed by atoms with Crippen LogP contribution in [0.5, 0.6) is 0 Å². The third-order valence-electron chi connectivity index (χ3n) is 3.29. The molecule has 8 nitrogen and oxygen atoms in total. The van der Waals surface area contributed by atoms with Gasteiger partial charge in [0, 0.05) is 6.42 Å². The maximum Gasteiger partial charge on any atom is 0.471 e. The number of aromatic nitrogens is 3. The quantitative estimate of drug-likeness (QED) is 0.802. The van der Waals surface area contributed by atoms with Gasteiger partial charge in [-0.25, -0.2) is 0 Å². The second-order valence-corrected chi connectivity index (χ2v) is 4.97. The summed E-state index contributed by atoms with van der Waals surface area (Å²) in [6.45, 7) is 0. The molecule has 134 valence electrons. The van der Waals surface area contributed by atoms with Gasteiger partial charge in [-0.05, 0) is 18.6 Å². The van der Waals surface area contributed by atoms with Crippen LogP contribution in [0, 0.1) is 0 Å². The van der Waals surface area contributed by atoms with Gasteiger partial charge in [0.2, 0.25) is 0 Å². The number of esters is 1. The minimum absolute atomic E-state index is 0.261. The fraction of sp³-hybridized carbons (Fsp3) is 0.357. The molecule has 1 amide bonds. The lowest BCUT2D eigenvalue weighted by molar-refractivity contribution is -0.174. The monoisotopic (exact) mass is 358 g/mol. The Bertz CT molecular complexity index is 803. The van der Waals surface area contributed by atoms with Crippen molar-refractivity contribution in [1.29, 1.82) is 0 Å². The Morgan fingerprint density at radius 2 is 1.96 bits per heavy atom. The van der Waals surface area contributed by atoms with Crippen LogP contribution in [0.4, 0.5) is 13.2 Å². The summed E-state index contributed by atoms with van der Waals surface area (Å²) >= 11 is 0. The lowest BCUT2D eigenvalue weighted by Gasteiger charge is -2.18. The van der Waals surface area contributed by atoms with E-state index >= 15 is 0 Å². The van der Waals surface area contributed by atoms with Crippen molar-refractivity contribution in [3.63, 3.8) is 0 Å². The van der Waals surface area contributed by atoms with E-state index in [-0.39, 0.29) is 18.4 Å². The second kappa shape index (κ2) is 7.28. The third kappa shape index (κ3) is 4.31. The molecule has 0 saturated carbocycles. The average Bonchev–Trinajstić information content (AvgIpc) is 3.00. The van der Waals surface area contributed by atoms with E-state index in [0.29, 0.717) is 5.52 Å². The molecule has 1 N–H and O–H groups in total. The fourth-order valence-electron chi connectivity index (χ4n) is 2.04. The molecule has 0 aliphatic heterocycles. The van der Waals surface area contributed by atoms with Crippen molar-refractivity contribution in [1.82, 2.24) is 20.3 Å². The zero-order valence-electron chi connectivity index (χ0n) is 12.9. The summed E-state index contributed by atoms with van der Waals surface area (Å²) in [6, 6.07) is 4.66. The number of alkyl halides is 3. The van der Waals surface area contributed by atoms with E-state index in [0.717, 1.165) is 11.8 Å². The predicted molar refractivity (Wildman–Crippen MR) is 77.4 cm³/mol. The van der Waals surface area contributed by atoms with Gasteiger partial charge in [-0.2, -0.15) is 17.9 Å². The van der Waals surface area contributed by atoms with Crippen LogP contribution in [0.2, 0.25) is 0 Å². The van der Waals surface area contributed by atoms with Crippen molar-refractivity contribution in [2.75, 3.05) is 7.11 Å². The number of carbonyl (C=O) groups is 3. The van der Waals surface area contributed by atoms with Crippen LogP contribution < -0.4 is 5.32 Å². The first-order valence-corrected chi connectivity index (χ1v) is 7.03. The van der Waals surface area contributed by atoms with Crippen LogP contribution in [-0.2, 0) is 14.3 Å². The first-order valence-electron chi connectivity index (χ1n) is 7.03. The summed E-state index contributed by atoms with van der Waals surface area (Å²) in [4.78, 5) is 34.9. The first kappa shape index (κ1) is 18.4. The number of fused-ring (bicyclic) bond motifs is 1. The number of nitrogens with zero attached hydrogens (tertiary/aromatic N) is 3. The van der Waals surface area contributed by atoms with Crippen molar-refractivity contribution < 1.29 is 32.3 Å². The minimum atomic E-state index is -5.17. The van der Waals surface area contributed by atoms with Crippen LogP contribution in [0.3, 0.4) is 0 Å². The highest BCUT2D eigenvalue weighted by Crippen LogP contribution is 2.17. The van der Waals surface area contributed by atoms with Gasteiger partial charge in [-0.15, -0.1) is 5.10 Å². The Labute approximate surface area is 138 Å². The zero-order valence-corrected chi connectivity index (χ0v) is 12.9. The van der Waals surface area contributed by atoms with Gasteiger partial charge in [0.1, 0.15) is 11.6 Å². The number of amides is 1. The Morgan fingerprint density at radius 3 is 2.60 bits per heavy atom. The van der Waals surface area contributed by atoms with Crippen molar-refractivity contribution in [2.45, 2.75) is 25.1 Å². The molecule has 0 fully saturated rings. The molecule has 1 atom stereocenters. The van der Waals surface area contributed by atoms with Gasteiger partial charge in [-0.3, -0.25) is 14.4 Å². The maximum absolute atomic E-state index is 12.5. The molecule has 0 aliphatic rings. The molecule has 0 aliphatic carbocycles. The minimum Gasteiger partial charge on any atom is -0.469 e. The second-order valence-electron chi connectivity index (χ2n) is 4.97. The van der Waals surface area contributed by atoms with E-state index in [1.807, 2.05) is 0 Å².